The number of carbonyl (C=O) groups is 1. The third-order valence-electron chi connectivity index (χ3n) is 5.85. The molecule has 0 spiro atoms. The monoisotopic (exact) mass is 518 g/mol. The number of carbonyl (C=O) groups excluding carboxylic acids is 1. The second kappa shape index (κ2) is 13.1. The van der Waals surface area contributed by atoms with E-state index in [4.69, 9.17) is 37.0 Å². The van der Waals surface area contributed by atoms with Crippen molar-refractivity contribution in [2.45, 2.75) is 57.4 Å². The van der Waals surface area contributed by atoms with E-state index in [1.54, 1.807) is 12.1 Å². The van der Waals surface area contributed by atoms with Crippen molar-refractivity contribution in [3.8, 4) is 18.1 Å². The normalized spacial score (nSPS) is 23.6. The molecule has 1 aliphatic rings. The molecular formula is C27H31ClO8. The molecule has 2 aromatic rings. The number of benzene rings is 2. The molecule has 1 heterocycles. The predicted octanol–water partition coefficient (Wildman–Crippen LogP) is 2.57. The maximum Gasteiger partial charge on any atom is 0.302 e. The van der Waals surface area contributed by atoms with Crippen molar-refractivity contribution >= 4 is 17.6 Å². The van der Waals surface area contributed by atoms with E-state index in [0.29, 0.717) is 29.2 Å². The Bertz CT molecular complexity index is 1060. The molecule has 3 rings (SSSR count). The molecule has 0 bridgehead atoms. The smallest absolute Gasteiger partial charge is 0.302 e. The molecule has 8 nitrogen and oxygen atoms in total. The van der Waals surface area contributed by atoms with Crippen LogP contribution in [0, 0.1) is 12.3 Å². The van der Waals surface area contributed by atoms with Crippen molar-refractivity contribution in [1.82, 2.24) is 0 Å². The molecule has 1 fully saturated rings. The number of halogens is 1. The molecular weight excluding hydrogens is 488 g/mol. The van der Waals surface area contributed by atoms with Crippen LogP contribution in [0.25, 0.3) is 0 Å². The summed E-state index contributed by atoms with van der Waals surface area (Å²) < 4.78 is 22.0. The average molecular weight is 519 g/mol. The van der Waals surface area contributed by atoms with Gasteiger partial charge in [-0.15, -0.1) is 6.42 Å². The van der Waals surface area contributed by atoms with E-state index < -0.39 is 36.5 Å². The molecule has 1 aliphatic heterocycles. The molecule has 0 radical (unpaired) electrons. The summed E-state index contributed by atoms with van der Waals surface area (Å²) in [6.07, 6.45) is -0.770. The first-order valence-corrected chi connectivity index (χ1v) is 12.0. The Morgan fingerprint density at radius 3 is 2.47 bits per heavy atom. The van der Waals surface area contributed by atoms with Gasteiger partial charge >= 0.3 is 5.97 Å². The summed E-state index contributed by atoms with van der Waals surface area (Å²) in [5, 5.41) is 32.2. The molecule has 3 N–H and O–H groups in total. The van der Waals surface area contributed by atoms with Crippen LogP contribution in [0.2, 0.25) is 5.02 Å². The van der Waals surface area contributed by atoms with Gasteiger partial charge in [0.05, 0.1) is 13.2 Å². The Morgan fingerprint density at radius 2 is 1.83 bits per heavy atom. The van der Waals surface area contributed by atoms with Crippen LogP contribution in [-0.2, 0) is 32.0 Å². The van der Waals surface area contributed by atoms with Crippen LogP contribution in [0.3, 0.4) is 0 Å². The van der Waals surface area contributed by atoms with E-state index in [2.05, 4.69) is 5.92 Å². The summed E-state index contributed by atoms with van der Waals surface area (Å²) in [5.41, 5.74) is 2.86. The summed E-state index contributed by atoms with van der Waals surface area (Å²) in [5.74, 6) is 2.60. The standard InChI is InChI=1S/C27H31ClO8/c1-4-10-33-14-19-13-22(28)18(11-17-6-8-20(9-7-17)34-5-2)12-21(19)27-26(32)25(31)24(30)23(36-27)15-35-16(3)29/h1,6-9,12-13,23-27,30-32H,5,10-11,14-15H2,2-3H3. The zero-order valence-corrected chi connectivity index (χ0v) is 21.0. The fraction of sp³-hybridized carbons (Fsp3) is 0.444. The topological polar surface area (TPSA) is 115 Å². The van der Waals surface area contributed by atoms with Crippen LogP contribution >= 0.6 is 11.6 Å². The first-order valence-electron chi connectivity index (χ1n) is 11.6. The quantitative estimate of drug-likeness (QED) is 0.250. The van der Waals surface area contributed by atoms with Crippen LogP contribution in [-0.4, -0.2) is 65.5 Å². The first kappa shape index (κ1) is 27.9. The van der Waals surface area contributed by atoms with Gasteiger partial charge in [-0.2, -0.15) is 0 Å². The van der Waals surface area contributed by atoms with Gasteiger partial charge in [0.1, 0.15) is 49.5 Å². The lowest BCUT2D eigenvalue weighted by Gasteiger charge is -2.41. The van der Waals surface area contributed by atoms with E-state index in [1.165, 1.54) is 6.92 Å². The number of rotatable bonds is 10. The molecule has 9 heteroatoms. The molecule has 1 saturated heterocycles. The summed E-state index contributed by atoms with van der Waals surface area (Å²) in [6.45, 7) is 3.58. The lowest BCUT2D eigenvalue weighted by atomic mass is 9.87. The van der Waals surface area contributed by atoms with Gasteiger partial charge in [0.2, 0.25) is 0 Å². The largest absolute Gasteiger partial charge is 0.494 e. The minimum absolute atomic E-state index is 0.0650. The van der Waals surface area contributed by atoms with Crippen LogP contribution in [0.5, 0.6) is 5.75 Å². The van der Waals surface area contributed by atoms with Crippen LogP contribution in [0.4, 0.5) is 0 Å². The molecule has 5 atom stereocenters. The van der Waals surface area contributed by atoms with Crippen molar-refractivity contribution in [2.75, 3.05) is 19.8 Å². The highest BCUT2D eigenvalue weighted by Gasteiger charge is 2.45. The number of terminal acetylenes is 1. The third-order valence-corrected chi connectivity index (χ3v) is 6.20. The van der Waals surface area contributed by atoms with Crippen LogP contribution in [0.1, 0.15) is 42.2 Å². The van der Waals surface area contributed by atoms with Gasteiger partial charge in [0.15, 0.2) is 0 Å². The summed E-state index contributed by atoms with van der Waals surface area (Å²) in [6, 6.07) is 11.1. The molecule has 36 heavy (non-hydrogen) atoms. The number of aliphatic hydroxyl groups is 3. The molecule has 194 valence electrons. The molecule has 0 aromatic heterocycles. The maximum absolute atomic E-state index is 11.3. The minimum atomic E-state index is -1.53. The molecule has 0 aliphatic carbocycles. The predicted molar refractivity (Wildman–Crippen MR) is 133 cm³/mol. The molecule has 0 amide bonds. The lowest BCUT2D eigenvalue weighted by molar-refractivity contribution is -0.234. The number of hydrogen-bond acceptors (Lipinski definition) is 8. The van der Waals surface area contributed by atoms with Crippen molar-refractivity contribution in [3.63, 3.8) is 0 Å². The number of hydrogen-bond donors (Lipinski definition) is 3. The third kappa shape index (κ3) is 6.98. The van der Waals surface area contributed by atoms with E-state index >= 15 is 0 Å². The highest BCUT2D eigenvalue weighted by Crippen LogP contribution is 2.37. The van der Waals surface area contributed by atoms with Gasteiger partial charge in [-0.3, -0.25) is 4.79 Å². The Morgan fingerprint density at radius 1 is 1.11 bits per heavy atom. The summed E-state index contributed by atoms with van der Waals surface area (Å²) in [7, 11) is 0. The highest BCUT2D eigenvalue weighted by atomic mass is 35.5. The Balaban J connectivity index is 1.95. The van der Waals surface area contributed by atoms with E-state index in [9.17, 15) is 20.1 Å². The minimum Gasteiger partial charge on any atom is -0.494 e. The second-order valence-corrected chi connectivity index (χ2v) is 8.87. The molecule has 5 unspecified atom stereocenters. The SMILES string of the molecule is C#CCOCc1cc(Cl)c(Cc2ccc(OCC)cc2)cc1C1OC(COC(C)=O)C(O)C(O)C1O. The fourth-order valence-electron chi connectivity index (χ4n) is 4.06. The Hall–Kier alpha value is -2.64. The highest BCUT2D eigenvalue weighted by molar-refractivity contribution is 6.31. The van der Waals surface area contributed by atoms with Crippen molar-refractivity contribution in [3.05, 3.63) is 63.7 Å². The van der Waals surface area contributed by atoms with Gasteiger partial charge in [-0.1, -0.05) is 35.7 Å². The van der Waals surface area contributed by atoms with Gasteiger partial charge in [-0.25, -0.2) is 0 Å². The van der Waals surface area contributed by atoms with E-state index in [1.807, 2.05) is 31.2 Å². The van der Waals surface area contributed by atoms with Crippen molar-refractivity contribution < 1.29 is 39.1 Å². The van der Waals surface area contributed by atoms with Gasteiger partial charge in [0, 0.05) is 11.9 Å². The van der Waals surface area contributed by atoms with Gasteiger partial charge in [-0.05, 0) is 53.8 Å². The van der Waals surface area contributed by atoms with Gasteiger partial charge < -0.3 is 34.3 Å². The van der Waals surface area contributed by atoms with E-state index in [-0.39, 0.29) is 19.8 Å². The van der Waals surface area contributed by atoms with E-state index in [0.717, 1.165) is 16.9 Å². The van der Waals surface area contributed by atoms with Crippen molar-refractivity contribution in [1.29, 1.82) is 0 Å². The zero-order valence-electron chi connectivity index (χ0n) is 20.2. The Kier molecular flexibility index (Phi) is 10.1. The van der Waals surface area contributed by atoms with Crippen LogP contribution in [0.15, 0.2) is 36.4 Å². The number of ether oxygens (including phenoxy) is 4. The zero-order chi connectivity index (χ0) is 26.2. The molecule has 0 saturated carbocycles. The average Bonchev–Trinajstić information content (AvgIpc) is 2.85. The number of aliphatic hydroxyl groups excluding tert-OH is 3. The maximum atomic E-state index is 11.3. The van der Waals surface area contributed by atoms with Crippen LogP contribution < -0.4 is 4.74 Å². The second-order valence-electron chi connectivity index (χ2n) is 8.46. The number of esters is 1. The molecule has 2 aromatic carbocycles. The fourth-order valence-corrected chi connectivity index (χ4v) is 4.31. The lowest BCUT2D eigenvalue weighted by Crippen LogP contribution is -2.55. The summed E-state index contributed by atoms with van der Waals surface area (Å²) >= 11 is 6.61. The first-order chi connectivity index (χ1) is 17.2. The summed E-state index contributed by atoms with van der Waals surface area (Å²) in [4.78, 5) is 11.3. The Labute approximate surface area is 215 Å². The van der Waals surface area contributed by atoms with Gasteiger partial charge in [0.25, 0.3) is 0 Å². The van der Waals surface area contributed by atoms with Crippen molar-refractivity contribution in [2.24, 2.45) is 0 Å².